The van der Waals surface area contributed by atoms with Crippen LogP contribution in [0.1, 0.15) is 31.1 Å². The molecule has 0 saturated heterocycles. The van der Waals surface area contributed by atoms with Gasteiger partial charge in [-0.05, 0) is 24.3 Å². The second kappa shape index (κ2) is 8.39. The highest BCUT2D eigenvalue weighted by atomic mass is 16.6. The molecule has 0 bridgehead atoms. The van der Waals surface area contributed by atoms with Crippen LogP contribution < -0.4 is 10.6 Å². The molecule has 0 unspecified atom stereocenters. The van der Waals surface area contributed by atoms with E-state index >= 15 is 0 Å². The van der Waals surface area contributed by atoms with E-state index < -0.39 is 35.1 Å². The van der Waals surface area contributed by atoms with E-state index in [9.17, 15) is 34.4 Å². The number of amides is 4. The van der Waals surface area contributed by atoms with Gasteiger partial charge in [0.2, 0.25) is 5.91 Å². The Bertz CT molecular complexity index is 1070. The van der Waals surface area contributed by atoms with E-state index in [0.717, 1.165) is 12.1 Å². The summed E-state index contributed by atoms with van der Waals surface area (Å²) in [6.07, 6.45) is 0. The quantitative estimate of drug-likeness (QED) is 0.257. The van der Waals surface area contributed by atoms with Gasteiger partial charge in [0.15, 0.2) is 0 Å². The Labute approximate surface area is 169 Å². The normalized spacial score (nSPS) is 12.5. The van der Waals surface area contributed by atoms with Crippen molar-refractivity contribution in [3.8, 4) is 5.75 Å². The average molecular weight is 412 g/mol. The third-order valence-corrected chi connectivity index (χ3v) is 4.31. The molecule has 0 atom stereocenters. The SMILES string of the molecule is O=C(CN1C(=O)c2ccc([N+](=O)[O-])cc2C1=O)NCCNC(=O)c1cccc(O)c1. The molecule has 1 aliphatic heterocycles. The molecule has 0 spiro atoms. The molecule has 2 aromatic carbocycles. The zero-order valence-electron chi connectivity index (χ0n) is 15.5. The van der Waals surface area contributed by atoms with Crippen molar-refractivity contribution in [1.82, 2.24) is 15.5 Å². The van der Waals surface area contributed by atoms with Crippen molar-refractivity contribution in [3.63, 3.8) is 0 Å². The summed E-state index contributed by atoms with van der Waals surface area (Å²) >= 11 is 0. The minimum Gasteiger partial charge on any atom is -0.508 e. The number of imide groups is 1. The molecule has 4 amide bonds. The fourth-order valence-electron chi connectivity index (χ4n) is 2.86. The van der Waals surface area contributed by atoms with Crippen LogP contribution in [0.3, 0.4) is 0 Å². The molecule has 30 heavy (non-hydrogen) atoms. The van der Waals surface area contributed by atoms with Gasteiger partial charge >= 0.3 is 0 Å². The number of fused-ring (bicyclic) bond motifs is 1. The molecule has 0 fully saturated rings. The monoisotopic (exact) mass is 412 g/mol. The predicted octanol–water partition coefficient (Wildman–Crippen LogP) is 0.443. The van der Waals surface area contributed by atoms with Gasteiger partial charge in [-0.1, -0.05) is 6.07 Å². The fourth-order valence-corrected chi connectivity index (χ4v) is 2.86. The molecule has 0 radical (unpaired) electrons. The van der Waals surface area contributed by atoms with Crippen LogP contribution in [0.4, 0.5) is 5.69 Å². The standard InChI is InChI=1S/C19H16N4O7/c24-13-3-1-2-11(8-13)17(26)21-7-6-20-16(25)10-22-18(27)14-5-4-12(23(29)30)9-15(14)19(22)28/h1-5,8-9,24H,6-7,10H2,(H,20,25)(H,21,26). The fraction of sp³-hybridized carbons (Fsp3) is 0.158. The van der Waals surface area contributed by atoms with Gasteiger partial charge in [0.1, 0.15) is 12.3 Å². The maximum Gasteiger partial charge on any atom is 0.270 e. The van der Waals surface area contributed by atoms with E-state index in [4.69, 9.17) is 0 Å². The van der Waals surface area contributed by atoms with E-state index in [-0.39, 0.29) is 41.2 Å². The van der Waals surface area contributed by atoms with Crippen molar-refractivity contribution >= 4 is 29.3 Å². The summed E-state index contributed by atoms with van der Waals surface area (Å²) < 4.78 is 0. The molecule has 1 heterocycles. The van der Waals surface area contributed by atoms with Crippen molar-refractivity contribution in [3.05, 3.63) is 69.3 Å². The highest BCUT2D eigenvalue weighted by Gasteiger charge is 2.37. The molecule has 0 aliphatic carbocycles. The summed E-state index contributed by atoms with van der Waals surface area (Å²) in [5.41, 5.74) is -0.206. The third-order valence-electron chi connectivity index (χ3n) is 4.31. The Kier molecular flexibility index (Phi) is 5.72. The highest BCUT2D eigenvalue weighted by Crippen LogP contribution is 2.26. The summed E-state index contributed by atoms with van der Waals surface area (Å²) in [5.74, 6) is -2.63. The Morgan fingerprint density at radius 3 is 2.40 bits per heavy atom. The number of nitrogens with zero attached hydrogens (tertiary/aromatic N) is 2. The molecule has 11 heteroatoms. The Morgan fingerprint density at radius 1 is 1.00 bits per heavy atom. The van der Waals surface area contributed by atoms with Crippen LogP contribution in [0.5, 0.6) is 5.75 Å². The first-order chi connectivity index (χ1) is 14.3. The first-order valence-corrected chi connectivity index (χ1v) is 8.76. The Hall–Kier alpha value is -4.28. The number of phenolic OH excluding ortho intramolecular Hbond substituents is 1. The molecular weight excluding hydrogens is 396 g/mol. The van der Waals surface area contributed by atoms with Crippen LogP contribution in [0.25, 0.3) is 0 Å². The van der Waals surface area contributed by atoms with E-state index in [0.29, 0.717) is 4.90 Å². The maximum absolute atomic E-state index is 12.3. The number of nitrogens with one attached hydrogen (secondary N) is 2. The largest absolute Gasteiger partial charge is 0.508 e. The van der Waals surface area contributed by atoms with Crippen LogP contribution >= 0.6 is 0 Å². The Balaban J connectivity index is 1.50. The van der Waals surface area contributed by atoms with Gasteiger partial charge in [0, 0.05) is 30.8 Å². The lowest BCUT2D eigenvalue weighted by molar-refractivity contribution is -0.384. The summed E-state index contributed by atoms with van der Waals surface area (Å²) in [4.78, 5) is 59.5. The zero-order chi connectivity index (χ0) is 21.8. The summed E-state index contributed by atoms with van der Waals surface area (Å²) in [6, 6.07) is 9.05. The number of nitro groups is 1. The van der Waals surface area contributed by atoms with Crippen molar-refractivity contribution < 1.29 is 29.2 Å². The van der Waals surface area contributed by atoms with Crippen molar-refractivity contribution in [2.75, 3.05) is 19.6 Å². The molecule has 0 aromatic heterocycles. The van der Waals surface area contributed by atoms with Crippen molar-refractivity contribution in [2.24, 2.45) is 0 Å². The first-order valence-electron chi connectivity index (χ1n) is 8.76. The lowest BCUT2D eigenvalue weighted by atomic mass is 10.1. The number of carbonyl (C=O) groups excluding carboxylic acids is 4. The van der Waals surface area contributed by atoms with Gasteiger partial charge in [-0.3, -0.25) is 34.2 Å². The van der Waals surface area contributed by atoms with E-state index in [2.05, 4.69) is 10.6 Å². The second-order valence-corrected chi connectivity index (χ2v) is 6.34. The highest BCUT2D eigenvalue weighted by molar-refractivity contribution is 6.22. The van der Waals surface area contributed by atoms with Crippen LogP contribution in [0.2, 0.25) is 0 Å². The summed E-state index contributed by atoms with van der Waals surface area (Å²) in [5, 5.41) is 25.2. The Morgan fingerprint density at radius 2 is 1.70 bits per heavy atom. The molecule has 11 nitrogen and oxygen atoms in total. The number of phenols is 1. The van der Waals surface area contributed by atoms with E-state index in [1.807, 2.05) is 0 Å². The lowest BCUT2D eigenvalue weighted by Crippen LogP contribution is -2.42. The summed E-state index contributed by atoms with van der Waals surface area (Å²) in [6.45, 7) is -0.437. The van der Waals surface area contributed by atoms with Gasteiger partial charge in [-0.2, -0.15) is 0 Å². The number of aromatic hydroxyl groups is 1. The number of rotatable bonds is 7. The second-order valence-electron chi connectivity index (χ2n) is 6.34. The summed E-state index contributed by atoms with van der Waals surface area (Å²) in [7, 11) is 0. The van der Waals surface area contributed by atoms with Crippen LogP contribution in [0.15, 0.2) is 42.5 Å². The van der Waals surface area contributed by atoms with Gasteiger partial charge in [-0.15, -0.1) is 0 Å². The van der Waals surface area contributed by atoms with E-state index in [1.165, 1.54) is 30.3 Å². The number of carbonyl (C=O) groups is 4. The number of nitro benzene ring substituents is 1. The lowest BCUT2D eigenvalue weighted by Gasteiger charge is -2.13. The number of benzene rings is 2. The van der Waals surface area contributed by atoms with Crippen molar-refractivity contribution in [1.29, 1.82) is 0 Å². The number of hydrogen-bond acceptors (Lipinski definition) is 7. The van der Waals surface area contributed by atoms with E-state index in [1.54, 1.807) is 0 Å². The minimum absolute atomic E-state index is 0.00298. The van der Waals surface area contributed by atoms with Crippen LogP contribution in [-0.2, 0) is 4.79 Å². The molecule has 0 saturated carbocycles. The average Bonchev–Trinajstić information content (AvgIpc) is 2.95. The van der Waals surface area contributed by atoms with Gasteiger partial charge < -0.3 is 15.7 Å². The first kappa shape index (κ1) is 20.5. The van der Waals surface area contributed by atoms with Gasteiger partial charge in [0.05, 0.1) is 16.1 Å². The smallest absolute Gasteiger partial charge is 0.270 e. The minimum atomic E-state index is -0.786. The molecule has 154 valence electrons. The topological polar surface area (TPSA) is 159 Å². The molecule has 1 aliphatic rings. The number of hydrogen-bond donors (Lipinski definition) is 3. The molecule has 2 aromatic rings. The third kappa shape index (κ3) is 4.24. The molecule has 3 rings (SSSR count). The van der Waals surface area contributed by atoms with Crippen LogP contribution in [0, 0.1) is 10.1 Å². The van der Waals surface area contributed by atoms with Crippen LogP contribution in [-0.4, -0.2) is 58.2 Å². The zero-order valence-corrected chi connectivity index (χ0v) is 15.5. The predicted molar refractivity (Wildman–Crippen MR) is 102 cm³/mol. The molecular formula is C19H16N4O7. The van der Waals surface area contributed by atoms with Gasteiger partial charge in [-0.25, -0.2) is 0 Å². The van der Waals surface area contributed by atoms with Gasteiger partial charge in [0.25, 0.3) is 23.4 Å². The number of non-ortho nitro benzene ring substituents is 1. The maximum atomic E-state index is 12.3. The van der Waals surface area contributed by atoms with Crippen molar-refractivity contribution in [2.45, 2.75) is 0 Å². The molecule has 3 N–H and O–H groups in total.